The fraction of sp³-hybridized carbons (Fsp3) is 0.333. The Hall–Kier alpha value is -0.920. The second-order valence-corrected chi connectivity index (χ2v) is 3.62. The Balaban J connectivity index is 2.84. The topological polar surface area (TPSA) is 46.5 Å². The molecule has 4 heteroatoms. The summed E-state index contributed by atoms with van der Waals surface area (Å²) in [5.41, 5.74) is 0. The zero-order valence-corrected chi connectivity index (χ0v) is 8.33. The van der Waals surface area contributed by atoms with Crippen LogP contribution in [0.1, 0.15) is 13.3 Å². The third-order valence-corrected chi connectivity index (χ3v) is 2.31. The lowest BCUT2D eigenvalue weighted by molar-refractivity contribution is 0.319. The molecule has 13 heavy (non-hydrogen) atoms. The molecule has 1 aromatic rings. The second kappa shape index (κ2) is 4.95. The van der Waals surface area contributed by atoms with E-state index in [0.29, 0.717) is 17.7 Å². The zero-order valence-electron chi connectivity index (χ0n) is 7.43. The molecule has 1 unspecified atom stereocenters. The molecule has 3 nitrogen and oxygen atoms in total. The fourth-order valence-corrected chi connectivity index (χ4v) is 1.49. The maximum absolute atomic E-state index is 10.9. The van der Waals surface area contributed by atoms with Crippen molar-refractivity contribution >= 4 is 13.3 Å². The number of hydrogen-bond acceptors (Lipinski definition) is 2. The van der Waals surface area contributed by atoms with Crippen molar-refractivity contribution in [2.45, 2.75) is 13.3 Å². The average Bonchev–Trinajstić information content (AvgIpc) is 2.15. The van der Waals surface area contributed by atoms with Gasteiger partial charge in [-0.05, 0) is 23.1 Å². The summed E-state index contributed by atoms with van der Waals surface area (Å²) in [5, 5.41) is 0.367. The van der Waals surface area contributed by atoms with Gasteiger partial charge < -0.3 is 4.74 Å². The number of hydrogen-bond donors (Lipinski definition) is 1. The van der Waals surface area contributed by atoms with Gasteiger partial charge in [0.2, 0.25) is 0 Å². The first kappa shape index (κ1) is 10.2. The highest BCUT2D eigenvalue weighted by Gasteiger charge is 2.21. The summed E-state index contributed by atoms with van der Waals surface area (Å²) in [5.74, 6) is 0.507. The Morgan fingerprint density at radius 1 is 1.46 bits per heavy atom. The van der Waals surface area contributed by atoms with E-state index in [4.69, 9.17) is 9.63 Å². The number of benzene rings is 1. The fourth-order valence-electron chi connectivity index (χ4n) is 0.949. The van der Waals surface area contributed by atoms with Gasteiger partial charge in [-0.25, -0.2) is 0 Å². The van der Waals surface area contributed by atoms with E-state index in [1.807, 2.05) is 6.92 Å². The Morgan fingerprint density at radius 2 is 2.15 bits per heavy atom. The van der Waals surface area contributed by atoms with Gasteiger partial charge in [-0.1, -0.05) is 19.1 Å². The van der Waals surface area contributed by atoms with E-state index in [0.717, 1.165) is 6.42 Å². The van der Waals surface area contributed by atoms with Gasteiger partial charge in [-0.2, -0.15) is 4.89 Å². The molecule has 0 aliphatic carbocycles. The first-order valence-corrected chi connectivity index (χ1v) is 5.35. The molecule has 0 aromatic heterocycles. The highest BCUT2D eigenvalue weighted by molar-refractivity contribution is 7.47. The molecule has 0 fully saturated rings. The van der Waals surface area contributed by atoms with Crippen molar-refractivity contribution in [1.82, 2.24) is 0 Å². The lowest BCUT2D eigenvalue weighted by Crippen LogP contribution is -2.05. The smallest absolute Gasteiger partial charge is 0.489 e. The minimum absolute atomic E-state index is 0.367. The second-order valence-electron chi connectivity index (χ2n) is 2.59. The Kier molecular flexibility index (Phi) is 3.87. The zero-order chi connectivity index (χ0) is 9.68. The van der Waals surface area contributed by atoms with Gasteiger partial charge in [0.1, 0.15) is 0 Å². The predicted octanol–water partition coefficient (Wildman–Crippen LogP) is 1.84. The van der Waals surface area contributed by atoms with E-state index in [-0.39, 0.29) is 0 Å². The average molecular weight is 199 g/mol. The summed E-state index contributed by atoms with van der Waals surface area (Å²) in [6.45, 7) is 2.56. The molecular weight excluding hydrogens is 187 g/mol. The van der Waals surface area contributed by atoms with Crippen molar-refractivity contribution < 1.29 is 14.2 Å². The molecule has 0 aliphatic heterocycles. The van der Waals surface area contributed by atoms with Crippen LogP contribution in [0.15, 0.2) is 24.3 Å². The first-order chi connectivity index (χ1) is 6.25. The molecule has 70 valence electrons. The molecule has 0 saturated heterocycles. The van der Waals surface area contributed by atoms with Gasteiger partial charge in [-0.15, -0.1) is 0 Å². The predicted molar refractivity (Wildman–Crippen MR) is 51.7 cm³/mol. The van der Waals surface area contributed by atoms with E-state index < -0.39 is 8.03 Å². The molecule has 0 saturated carbocycles. The van der Waals surface area contributed by atoms with Crippen LogP contribution in [0.4, 0.5) is 0 Å². The molecule has 1 atom stereocenters. The van der Waals surface area contributed by atoms with Crippen LogP contribution in [0.25, 0.3) is 0 Å². The molecule has 1 aromatic carbocycles. The van der Waals surface area contributed by atoms with Crippen LogP contribution in [-0.2, 0) is 4.57 Å². The van der Waals surface area contributed by atoms with Crippen molar-refractivity contribution in [2.24, 2.45) is 0 Å². The third-order valence-electron chi connectivity index (χ3n) is 1.53. The van der Waals surface area contributed by atoms with Gasteiger partial charge in [0.05, 0.1) is 6.61 Å². The van der Waals surface area contributed by atoms with Crippen LogP contribution < -0.4 is 10.0 Å². The molecule has 0 radical (unpaired) electrons. The van der Waals surface area contributed by atoms with Gasteiger partial charge >= 0.3 is 8.03 Å². The quantitative estimate of drug-likeness (QED) is 0.752. The largest absolute Gasteiger partial charge is 0.550 e. The summed E-state index contributed by atoms with van der Waals surface area (Å²) in [4.78, 5) is 8.93. The number of para-hydroxylation sites is 1. The molecule has 1 N–H and O–H groups in total. The Labute approximate surface area is 78.2 Å². The van der Waals surface area contributed by atoms with Crippen molar-refractivity contribution in [3.63, 3.8) is 0 Å². The van der Waals surface area contributed by atoms with Crippen LogP contribution in [0, 0.1) is 0 Å². The van der Waals surface area contributed by atoms with Crippen molar-refractivity contribution in [1.29, 1.82) is 0 Å². The van der Waals surface area contributed by atoms with Gasteiger partial charge in [0.25, 0.3) is 5.30 Å². The van der Waals surface area contributed by atoms with Crippen LogP contribution in [-0.4, -0.2) is 11.5 Å². The summed E-state index contributed by atoms with van der Waals surface area (Å²) in [7, 11) is -2.31. The lowest BCUT2D eigenvalue weighted by atomic mass is 10.3. The molecule has 0 amide bonds. The normalized spacial score (nSPS) is 11.1. The summed E-state index contributed by atoms with van der Waals surface area (Å²) in [6.07, 6.45) is 0.885. The van der Waals surface area contributed by atoms with Gasteiger partial charge in [-0.3, -0.25) is 0 Å². The number of ether oxygens (including phenoxy) is 1. The van der Waals surface area contributed by atoms with E-state index in [2.05, 4.69) is 0 Å². The summed E-state index contributed by atoms with van der Waals surface area (Å²) in [6, 6.07) is 6.81. The van der Waals surface area contributed by atoms with Crippen molar-refractivity contribution in [2.75, 3.05) is 6.61 Å². The Bertz CT molecular complexity index is 299. The number of rotatable bonds is 4. The molecule has 1 rings (SSSR count). The molecular formula is C9H12O3P+. The van der Waals surface area contributed by atoms with Crippen LogP contribution in [0.5, 0.6) is 5.75 Å². The monoisotopic (exact) mass is 199 g/mol. The highest BCUT2D eigenvalue weighted by atomic mass is 31.1. The lowest BCUT2D eigenvalue weighted by Gasteiger charge is -2.02. The van der Waals surface area contributed by atoms with Crippen LogP contribution >= 0.6 is 8.03 Å². The van der Waals surface area contributed by atoms with E-state index >= 15 is 0 Å². The van der Waals surface area contributed by atoms with Gasteiger partial charge in [0.15, 0.2) is 5.75 Å². The van der Waals surface area contributed by atoms with E-state index in [9.17, 15) is 4.57 Å². The maximum Gasteiger partial charge on any atom is 0.550 e. The van der Waals surface area contributed by atoms with Crippen LogP contribution in [0.2, 0.25) is 0 Å². The SMILES string of the molecule is CCCOc1ccccc1[P+](=O)O. The minimum Gasteiger partial charge on any atom is -0.489 e. The first-order valence-electron chi connectivity index (χ1n) is 4.13. The standard InChI is InChI=1S/C9H11O3P/c1-2-7-12-8-5-3-4-6-9(8)13(10)11/h3-6H,2,7H2,1H3/p+1. The third kappa shape index (κ3) is 2.79. The van der Waals surface area contributed by atoms with Crippen LogP contribution in [0.3, 0.4) is 0 Å². The maximum atomic E-state index is 10.9. The molecule has 0 spiro atoms. The van der Waals surface area contributed by atoms with E-state index in [1.54, 1.807) is 24.3 Å². The summed E-state index contributed by atoms with van der Waals surface area (Å²) < 4.78 is 16.2. The molecule has 0 bridgehead atoms. The van der Waals surface area contributed by atoms with Crippen molar-refractivity contribution in [3.05, 3.63) is 24.3 Å². The molecule has 0 aliphatic rings. The van der Waals surface area contributed by atoms with Crippen molar-refractivity contribution in [3.8, 4) is 5.75 Å². The molecule has 0 heterocycles. The highest BCUT2D eigenvalue weighted by Crippen LogP contribution is 2.21. The minimum atomic E-state index is -2.31. The summed E-state index contributed by atoms with van der Waals surface area (Å²) >= 11 is 0. The Morgan fingerprint density at radius 3 is 2.77 bits per heavy atom. The van der Waals surface area contributed by atoms with Gasteiger partial charge in [0, 0.05) is 0 Å². The van der Waals surface area contributed by atoms with E-state index in [1.165, 1.54) is 0 Å².